The van der Waals surface area contributed by atoms with Crippen LogP contribution < -0.4 is 11.5 Å². The maximum Gasteiger partial charge on any atom is 0.338 e. The number of amidine groups is 1. The van der Waals surface area contributed by atoms with Gasteiger partial charge in [-0.2, -0.15) is 0 Å². The van der Waals surface area contributed by atoms with E-state index in [1.807, 2.05) is 0 Å². The average molecular weight is 224 g/mol. The number of aromatic carboxylic acids is 1. The number of nitrogens with zero attached hydrogens (tertiary/aromatic N) is 2. The quantitative estimate of drug-likeness (QED) is 0.384. The number of benzene rings is 1. The van der Waals surface area contributed by atoms with Crippen LogP contribution in [0.25, 0.3) is 0 Å². The molecule has 0 aliphatic carbocycles. The normalized spacial score (nSPS) is 11.9. The summed E-state index contributed by atoms with van der Waals surface area (Å²) in [5.74, 6) is -2.29. The Morgan fingerprint density at radius 3 is 2.69 bits per heavy atom. The molecule has 0 saturated heterocycles. The van der Waals surface area contributed by atoms with Gasteiger partial charge in [0, 0.05) is 5.56 Å². The Balaban J connectivity index is 3.11. The summed E-state index contributed by atoms with van der Waals surface area (Å²) in [6.07, 6.45) is 0.925. The van der Waals surface area contributed by atoms with Crippen molar-refractivity contribution >= 4 is 18.1 Å². The molecule has 1 aromatic rings. The monoisotopic (exact) mass is 224 g/mol. The molecule has 0 aromatic heterocycles. The van der Waals surface area contributed by atoms with Gasteiger partial charge < -0.3 is 16.6 Å². The van der Waals surface area contributed by atoms with Crippen molar-refractivity contribution in [1.82, 2.24) is 0 Å². The highest BCUT2D eigenvalue weighted by molar-refractivity contribution is 5.98. The van der Waals surface area contributed by atoms with Gasteiger partial charge >= 0.3 is 5.97 Å². The fourth-order valence-electron chi connectivity index (χ4n) is 1.00. The highest BCUT2D eigenvalue weighted by Crippen LogP contribution is 2.10. The number of carboxylic acid groups (broad SMARTS) is 1. The molecule has 0 radical (unpaired) electrons. The highest BCUT2D eigenvalue weighted by Gasteiger charge is 2.11. The zero-order valence-electron chi connectivity index (χ0n) is 8.09. The van der Waals surface area contributed by atoms with Crippen LogP contribution in [0.5, 0.6) is 0 Å². The number of rotatable bonds is 3. The predicted molar refractivity (Wildman–Crippen MR) is 56.8 cm³/mol. The van der Waals surface area contributed by atoms with Crippen molar-refractivity contribution < 1.29 is 14.3 Å². The van der Waals surface area contributed by atoms with Crippen molar-refractivity contribution in [2.75, 3.05) is 0 Å². The van der Waals surface area contributed by atoms with Crippen molar-refractivity contribution in [1.29, 1.82) is 0 Å². The number of hydrogen-bond acceptors (Lipinski definition) is 3. The first-order valence-corrected chi connectivity index (χ1v) is 4.16. The summed E-state index contributed by atoms with van der Waals surface area (Å²) in [5.41, 5.74) is 10.2. The van der Waals surface area contributed by atoms with E-state index in [1.54, 1.807) is 0 Å². The van der Waals surface area contributed by atoms with Crippen molar-refractivity contribution in [2.24, 2.45) is 21.7 Å². The molecule has 0 aliphatic rings. The molecule has 0 unspecified atom stereocenters. The van der Waals surface area contributed by atoms with Gasteiger partial charge in [0.15, 0.2) is 5.84 Å². The van der Waals surface area contributed by atoms with Gasteiger partial charge in [-0.15, -0.1) is 10.2 Å². The number of carbonyl (C=O) groups is 1. The summed E-state index contributed by atoms with van der Waals surface area (Å²) in [6, 6.07) is 3.40. The molecule has 16 heavy (non-hydrogen) atoms. The SMILES string of the molecule is N/C=N\N=C(/N)c1ccc(C(=O)O)c(F)c1. The van der Waals surface area contributed by atoms with Gasteiger partial charge in [0.05, 0.1) is 5.56 Å². The lowest BCUT2D eigenvalue weighted by atomic mass is 10.1. The predicted octanol–water partition coefficient (Wildman–Crippen LogP) is 0.131. The second kappa shape index (κ2) is 4.87. The molecule has 0 atom stereocenters. The summed E-state index contributed by atoms with van der Waals surface area (Å²) in [6.45, 7) is 0. The van der Waals surface area contributed by atoms with Gasteiger partial charge in [0.25, 0.3) is 0 Å². The molecule has 0 saturated carbocycles. The molecular formula is C9H9FN4O2. The number of carboxylic acids is 1. The van der Waals surface area contributed by atoms with E-state index in [0.29, 0.717) is 0 Å². The summed E-state index contributed by atoms with van der Waals surface area (Å²) in [5, 5.41) is 15.4. The second-order valence-electron chi connectivity index (χ2n) is 2.75. The molecule has 0 spiro atoms. The highest BCUT2D eigenvalue weighted by atomic mass is 19.1. The molecule has 0 bridgehead atoms. The molecular weight excluding hydrogens is 215 g/mol. The van der Waals surface area contributed by atoms with E-state index >= 15 is 0 Å². The largest absolute Gasteiger partial charge is 0.478 e. The summed E-state index contributed by atoms with van der Waals surface area (Å²) in [4.78, 5) is 10.5. The lowest BCUT2D eigenvalue weighted by molar-refractivity contribution is 0.0692. The van der Waals surface area contributed by atoms with Crippen LogP contribution in [-0.2, 0) is 0 Å². The van der Waals surface area contributed by atoms with Crippen LogP contribution in [-0.4, -0.2) is 23.2 Å². The Morgan fingerprint density at radius 2 is 2.19 bits per heavy atom. The fraction of sp³-hybridized carbons (Fsp3) is 0. The lowest BCUT2D eigenvalue weighted by Gasteiger charge is -2.01. The Morgan fingerprint density at radius 1 is 1.50 bits per heavy atom. The Bertz CT molecular complexity index is 471. The van der Waals surface area contributed by atoms with Crippen LogP contribution in [0.3, 0.4) is 0 Å². The van der Waals surface area contributed by atoms with Crippen LogP contribution >= 0.6 is 0 Å². The molecule has 5 N–H and O–H groups in total. The van der Waals surface area contributed by atoms with E-state index in [4.69, 9.17) is 16.6 Å². The second-order valence-corrected chi connectivity index (χ2v) is 2.75. The van der Waals surface area contributed by atoms with Gasteiger partial charge in [0.2, 0.25) is 0 Å². The molecule has 1 rings (SSSR count). The van der Waals surface area contributed by atoms with Crippen LogP contribution in [0.1, 0.15) is 15.9 Å². The van der Waals surface area contributed by atoms with Crippen molar-refractivity contribution in [2.45, 2.75) is 0 Å². The minimum absolute atomic E-state index is 0.0578. The average Bonchev–Trinajstić information content (AvgIpc) is 2.25. The molecule has 0 amide bonds. The Kier molecular flexibility index (Phi) is 3.54. The molecule has 6 nitrogen and oxygen atoms in total. The van der Waals surface area contributed by atoms with Crippen molar-refractivity contribution in [3.63, 3.8) is 0 Å². The number of nitrogens with two attached hydrogens (primary N) is 2. The first kappa shape index (κ1) is 11.6. The van der Waals surface area contributed by atoms with Gasteiger partial charge in [-0.1, -0.05) is 6.07 Å². The first-order chi connectivity index (χ1) is 7.56. The van der Waals surface area contributed by atoms with Gasteiger partial charge in [-0.25, -0.2) is 9.18 Å². The Labute approximate surface area is 90.1 Å². The van der Waals surface area contributed by atoms with Crippen LogP contribution in [0.4, 0.5) is 4.39 Å². The molecule has 0 fully saturated rings. The standard InChI is InChI=1S/C9H9FN4O2/c10-7-3-5(8(12)14-13-4-11)1-2-6(7)9(15)16/h1-4H,(H2,11,13)(H2,12,14)(H,15,16). The van der Waals surface area contributed by atoms with E-state index < -0.39 is 17.3 Å². The van der Waals surface area contributed by atoms with Gasteiger partial charge in [-0.3, -0.25) is 0 Å². The molecule has 84 valence electrons. The molecule has 0 heterocycles. The minimum Gasteiger partial charge on any atom is -0.478 e. The fourth-order valence-corrected chi connectivity index (χ4v) is 1.00. The van der Waals surface area contributed by atoms with Crippen LogP contribution in [0, 0.1) is 5.82 Å². The third-order valence-electron chi connectivity index (χ3n) is 1.73. The Hall–Kier alpha value is -2.44. The van der Waals surface area contributed by atoms with Crippen LogP contribution in [0.2, 0.25) is 0 Å². The van der Waals surface area contributed by atoms with E-state index in [9.17, 15) is 9.18 Å². The lowest BCUT2D eigenvalue weighted by Crippen LogP contribution is -2.14. The van der Waals surface area contributed by atoms with Crippen molar-refractivity contribution in [3.8, 4) is 0 Å². The van der Waals surface area contributed by atoms with Crippen molar-refractivity contribution in [3.05, 3.63) is 35.1 Å². The van der Waals surface area contributed by atoms with E-state index in [1.165, 1.54) is 6.07 Å². The van der Waals surface area contributed by atoms with Gasteiger partial charge in [0.1, 0.15) is 12.2 Å². The number of hydrogen-bond donors (Lipinski definition) is 3. The van der Waals surface area contributed by atoms with E-state index in [2.05, 4.69) is 10.2 Å². The summed E-state index contributed by atoms with van der Waals surface area (Å²) >= 11 is 0. The maximum atomic E-state index is 13.2. The third-order valence-corrected chi connectivity index (χ3v) is 1.73. The summed E-state index contributed by atoms with van der Waals surface area (Å²) < 4.78 is 13.2. The summed E-state index contributed by atoms with van der Waals surface area (Å²) in [7, 11) is 0. The molecule has 7 heteroatoms. The molecule has 1 aromatic carbocycles. The smallest absolute Gasteiger partial charge is 0.338 e. The van der Waals surface area contributed by atoms with Gasteiger partial charge in [-0.05, 0) is 12.1 Å². The van der Waals surface area contributed by atoms with E-state index in [0.717, 1.165) is 18.5 Å². The van der Waals surface area contributed by atoms with Crippen LogP contribution in [0.15, 0.2) is 28.4 Å². The zero-order valence-corrected chi connectivity index (χ0v) is 8.09. The first-order valence-electron chi connectivity index (χ1n) is 4.16. The third kappa shape index (κ3) is 2.53. The topological polar surface area (TPSA) is 114 Å². The number of halogens is 1. The maximum absolute atomic E-state index is 13.2. The minimum atomic E-state index is -1.35. The van der Waals surface area contributed by atoms with E-state index in [-0.39, 0.29) is 11.4 Å². The molecule has 0 aliphatic heterocycles. The zero-order chi connectivity index (χ0) is 12.1.